The maximum atomic E-state index is 12.0. The van der Waals surface area contributed by atoms with Gasteiger partial charge in [0.25, 0.3) is 5.91 Å². The second kappa shape index (κ2) is 6.20. The van der Waals surface area contributed by atoms with Gasteiger partial charge in [0.2, 0.25) is 0 Å². The number of hydrogen-bond donors (Lipinski definition) is 2. The van der Waals surface area contributed by atoms with E-state index in [1.807, 2.05) is 13.8 Å². The average molecular weight is 290 g/mol. The number of carbonyl (C=O) groups excluding carboxylic acids is 1. The summed E-state index contributed by atoms with van der Waals surface area (Å²) in [6.45, 7) is 3.74. The minimum Gasteiger partial charge on any atom is -0.481 e. The van der Waals surface area contributed by atoms with Gasteiger partial charge in [0.15, 0.2) is 0 Å². The van der Waals surface area contributed by atoms with Gasteiger partial charge in [0.1, 0.15) is 0 Å². The molecule has 0 aliphatic heterocycles. The molecule has 1 aromatic rings. The zero-order valence-corrected chi connectivity index (χ0v) is 11.9. The molecule has 1 aromatic heterocycles. The van der Waals surface area contributed by atoms with Gasteiger partial charge in [-0.25, -0.2) is 0 Å². The van der Waals surface area contributed by atoms with Crippen LogP contribution in [0.5, 0.6) is 0 Å². The Morgan fingerprint density at radius 3 is 2.39 bits per heavy atom. The lowest BCUT2D eigenvalue weighted by Crippen LogP contribution is -2.48. The molecule has 0 saturated heterocycles. The van der Waals surface area contributed by atoms with E-state index in [0.717, 1.165) is 0 Å². The van der Waals surface area contributed by atoms with Crippen LogP contribution in [0.1, 0.15) is 42.8 Å². The molecule has 1 amide bonds. The summed E-state index contributed by atoms with van der Waals surface area (Å²) in [5, 5.41) is 11.8. The molecule has 4 nitrogen and oxygen atoms in total. The van der Waals surface area contributed by atoms with Gasteiger partial charge in [0, 0.05) is 0 Å². The number of thiophene rings is 1. The Morgan fingerprint density at radius 2 is 2.00 bits per heavy atom. The second-order valence-electron chi connectivity index (χ2n) is 4.12. The van der Waals surface area contributed by atoms with Crippen LogP contribution in [0, 0.1) is 0 Å². The molecular formula is C12H16ClNO3S. The number of carboxylic acids is 1. The van der Waals surface area contributed by atoms with Gasteiger partial charge in [-0.1, -0.05) is 25.4 Å². The van der Waals surface area contributed by atoms with Crippen LogP contribution in [0.2, 0.25) is 4.34 Å². The third kappa shape index (κ3) is 3.71. The third-order valence-electron chi connectivity index (χ3n) is 3.02. The Kier molecular flexibility index (Phi) is 5.16. The molecule has 0 spiro atoms. The summed E-state index contributed by atoms with van der Waals surface area (Å²) in [5.74, 6) is -1.18. The molecular weight excluding hydrogens is 274 g/mol. The van der Waals surface area contributed by atoms with Gasteiger partial charge in [-0.3, -0.25) is 9.59 Å². The highest BCUT2D eigenvalue weighted by Crippen LogP contribution is 2.24. The SMILES string of the molecule is CCC(CC)(CC(=O)O)NC(=O)c1ccc(Cl)s1. The first-order valence-corrected chi connectivity index (χ1v) is 6.91. The Morgan fingerprint density at radius 1 is 1.39 bits per heavy atom. The summed E-state index contributed by atoms with van der Waals surface area (Å²) in [6.07, 6.45) is 1.06. The summed E-state index contributed by atoms with van der Waals surface area (Å²) in [5.41, 5.74) is -0.695. The van der Waals surface area contributed by atoms with Crippen molar-refractivity contribution in [3.8, 4) is 0 Å². The molecule has 2 N–H and O–H groups in total. The first-order valence-electron chi connectivity index (χ1n) is 5.72. The minimum atomic E-state index is -0.914. The lowest BCUT2D eigenvalue weighted by atomic mass is 9.89. The number of hydrogen-bond acceptors (Lipinski definition) is 3. The normalized spacial score (nSPS) is 11.3. The highest BCUT2D eigenvalue weighted by atomic mass is 35.5. The lowest BCUT2D eigenvalue weighted by Gasteiger charge is -2.31. The van der Waals surface area contributed by atoms with Gasteiger partial charge >= 0.3 is 5.97 Å². The fraction of sp³-hybridized carbons (Fsp3) is 0.500. The molecule has 1 rings (SSSR count). The largest absolute Gasteiger partial charge is 0.481 e. The molecule has 18 heavy (non-hydrogen) atoms. The first kappa shape index (κ1) is 15.0. The van der Waals surface area contributed by atoms with Crippen LogP contribution in [0.25, 0.3) is 0 Å². The van der Waals surface area contributed by atoms with Crippen LogP contribution in [0.15, 0.2) is 12.1 Å². The van der Waals surface area contributed by atoms with E-state index < -0.39 is 11.5 Å². The number of halogens is 1. The number of rotatable bonds is 6. The fourth-order valence-corrected chi connectivity index (χ4v) is 2.69. The van der Waals surface area contributed by atoms with Gasteiger partial charge in [0.05, 0.1) is 21.2 Å². The Balaban J connectivity index is 2.83. The van der Waals surface area contributed by atoms with E-state index in [4.69, 9.17) is 16.7 Å². The van der Waals surface area contributed by atoms with Crippen molar-refractivity contribution < 1.29 is 14.7 Å². The lowest BCUT2D eigenvalue weighted by molar-refractivity contribution is -0.138. The molecule has 6 heteroatoms. The highest BCUT2D eigenvalue weighted by molar-refractivity contribution is 7.18. The topological polar surface area (TPSA) is 66.4 Å². The maximum absolute atomic E-state index is 12.0. The molecule has 0 bridgehead atoms. The van der Waals surface area contributed by atoms with E-state index in [0.29, 0.717) is 22.1 Å². The van der Waals surface area contributed by atoms with Crippen molar-refractivity contribution in [2.24, 2.45) is 0 Å². The molecule has 100 valence electrons. The van der Waals surface area contributed by atoms with Gasteiger partial charge in [-0.15, -0.1) is 11.3 Å². The number of carbonyl (C=O) groups is 2. The van der Waals surface area contributed by atoms with Gasteiger partial charge < -0.3 is 10.4 Å². The molecule has 0 aliphatic rings. The molecule has 0 aliphatic carbocycles. The second-order valence-corrected chi connectivity index (χ2v) is 5.83. The van der Waals surface area contributed by atoms with Gasteiger partial charge in [-0.2, -0.15) is 0 Å². The first-order chi connectivity index (χ1) is 8.42. The van der Waals surface area contributed by atoms with Crippen molar-refractivity contribution in [2.75, 3.05) is 0 Å². The molecule has 0 saturated carbocycles. The van der Waals surface area contributed by atoms with Crippen molar-refractivity contribution in [3.63, 3.8) is 0 Å². The van der Waals surface area contributed by atoms with E-state index in [9.17, 15) is 9.59 Å². The molecule has 0 radical (unpaired) electrons. The highest BCUT2D eigenvalue weighted by Gasteiger charge is 2.31. The van der Waals surface area contributed by atoms with E-state index in [1.165, 1.54) is 11.3 Å². The predicted molar refractivity (Wildman–Crippen MR) is 72.4 cm³/mol. The number of carboxylic acid groups (broad SMARTS) is 1. The van der Waals surface area contributed by atoms with Crippen molar-refractivity contribution in [3.05, 3.63) is 21.3 Å². The fourth-order valence-electron chi connectivity index (χ4n) is 1.75. The molecule has 0 aromatic carbocycles. The summed E-state index contributed by atoms with van der Waals surface area (Å²) >= 11 is 6.95. The van der Waals surface area contributed by atoms with E-state index in [1.54, 1.807) is 12.1 Å². The number of aliphatic carboxylic acids is 1. The van der Waals surface area contributed by atoms with Crippen molar-refractivity contribution in [1.82, 2.24) is 5.32 Å². The predicted octanol–water partition coefficient (Wildman–Crippen LogP) is 3.16. The Hall–Kier alpha value is -1.07. The molecule has 0 atom stereocenters. The van der Waals surface area contributed by atoms with Crippen molar-refractivity contribution in [1.29, 1.82) is 0 Å². The summed E-state index contributed by atoms with van der Waals surface area (Å²) in [4.78, 5) is 23.4. The molecule has 0 unspecified atom stereocenters. The third-order valence-corrected chi connectivity index (χ3v) is 4.25. The molecule has 0 fully saturated rings. The zero-order chi connectivity index (χ0) is 13.8. The van der Waals surface area contributed by atoms with Crippen LogP contribution in [0.4, 0.5) is 0 Å². The Bertz CT molecular complexity index is 440. The zero-order valence-electron chi connectivity index (χ0n) is 10.3. The van der Waals surface area contributed by atoms with Gasteiger partial charge in [-0.05, 0) is 25.0 Å². The number of amides is 1. The van der Waals surface area contributed by atoms with Crippen molar-refractivity contribution >= 4 is 34.8 Å². The quantitative estimate of drug-likeness (QED) is 0.845. The average Bonchev–Trinajstić information content (AvgIpc) is 2.74. The monoisotopic (exact) mass is 289 g/mol. The van der Waals surface area contributed by atoms with Crippen LogP contribution >= 0.6 is 22.9 Å². The maximum Gasteiger partial charge on any atom is 0.305 e. The standard InChI is InChI=1S/C12H16ClNO3S/c1-3-12(4-2,7-10(15)16)14-11(17)8-5-6-9(13)18-8/h5-6H,3-4,7H2,1-2H3,(H,14,17)(H,15,16). The van der Waals surface area contributed by atoms with Crippen LogP contribution in [-0.2, 0) is 4.79 Å². The van der Waals surface area contributed by atoms with E-state index in [-0.39, 0.29) is 12.3 Å². The number of nitrogens with one attached hydrogen (secondary N) is 1. The van der Waals surface area contributed by atoms with Crippen LogP contribution < -0.4 is 5.32 Å². The summed E-state index contributed by atoms with van der Waals surface area (Å²) in [6, 6.07) is 3.29. The summed E-state index contributed by atoms with van der Waals surface area (Å²) in [7, 11) is 0. The van der Waals surface area contributed by atoms with Crippen LogP contribution in [-0.4, -0.2) is 22.5 Å². The van der Waals surface area contributed by atoms with Crippen molar-refractivity contribution in [2.45, 2.75) is 38.6 Å². The van der Waals surface area contributed by atoms with Crippen LogP contribution in [0.3, 0.4) is 0 Å². The smallest absolute Gasteiger partial charge is 0.305 e. The molecule has 1 heterocycles. The minimum absolute atomic E-state index is 0.0785. The van der Waals surface area contributed by atoms with E-state index >= 15 is 0 Å². The van der Waals surface area contributed by atoms with E-state index in [2.05, 4.69) is 5.32 Å². The summed E-state index contributed by atoms with van der Waals surface area (Å²) < 4.78 is 0.539. The Labute approximate surface area is 115 Å².